The van der Waals surface area contributed by atoms with Crippen LogP contribution in [0.3, 0.4) is 0 Å². The molecule has 74 valence electrons. The summed E-state index contributed by atoms with van der Waals surface area (Å²) in [5.41, 5.74) is 1.31. The summed E-state index contributed by atoms with van der Waals surface area (Å²) in [5, 5.41) is 3.54. The first-order valence-electron chi connectivity index (χ1n) is 5.00. The van der Waals surface area contributed by atoms with Gasteiger partial charge in [-0.25, -0.2) is 0 Å². The largest absolute Gasteiger partial charge is 0.493 e. The predicted octanol–water partition coefficient (Wildman–Crippen LogP) is 2.49. The maximum Gasteiger partial charge on any atom is 0.124 e. The summed E-state index contributed by atoms with van der Waals surface area (Å²) in [4.78, 5) is 0. The maximum atomic E-state index is 5.73. The molecule has 0 bridgehead atoms. The summed E-state index contributed by atoms with van der Waals surface area (Å²) in [6, 6.07) is 6.77. The van der Waals surface area contributed by atoms with Crippen molar-refractivity contribution in [2.75, 3.05) is 13.2 Å². The highest BCUT2D eigenvalue weighted by molar-refractivity contribution is 9.10. The normalized spacial score (nSPS) is 29.2. The lowest BCUT2D eigenvalue weighted by molar-refractivity contribution is 0.205. The molecule has 1 fully saturated rings. The smallest absolute Gasteiger partial charge is 0.124 e. The van der Waals surface area contributed by atoms with Crippen LogP contribution in [0.15, 0.2) is 22.7 Å². The molecule has 14 heavy (non-hydrogen) atoms. The maximum absolute atomic E-state index is 5.73. The van der Waals surface area contributed by atoms with E-state index in [4.69, 9.17) is 4.74 Å². The molecule has 0 aliphatic carbocycles. The van der Waals surface area contributed by atoms with Crippen molar-refractivity contribution in [1.29, 1.82) is 0 Å². The van der Waals surface area contributed by atoms with Crippen LogP contribution in [-0.4, -0.2) is 13.2 Å². The third kappa shape index (κ3) is 1.27. The predicted molar refractivity (Wildman–Crippen MR) is 58.5 cm³/mol. The third-order valence-corrected chi connectivity index (χ3v) is 3.60. The molecule has 3 rings (SSSR count). The van der Waals surface area contributed by atoms with Crippen molar-refractivity contribution in [3.8, 4) is 5.75 Å². The van der Waals surface area contributed by atoms with Crippen LogP contribution in [-0.2, 0) is 0 Å². The number of ether oxygens (including phenoxy) is 1. The van der Waals surface area contributed by atoms with Crippen LogP contribution in [0.2, 0.25) is 0 Å². The van der Waals surface area contributed by atoms with E-state index in [9.17, 15) is 0 Å². The van der Waals surface area contributed by atoms with Crippen molar-refractivity contribution in [3.05, 3.63) is 28.2 Å². The zero-order valence-electron chi connectivity index (χ0n) is 7.79. The quantitative estimate of drug-likeness (QED) is 0.768. The monoisotopic (exact) mass is 253 g/mol. The Balaban J connectivity index is 2.07. The van der Waals surface area contributed by atoms with Gasteiger partial charge in [-0.05, 0) is 31.2 Å². The Hall–Kier alpha value is -0.540. The molecule has 0 saturated carbocycles. The zero-order valence-corrected chi connectivity index (χ0v) is 9.38. The summed E-state index contributed by atoms with van der Waals surface area (Å²) >= 11 is 3.50. The minimum absolute atomic E-state index is 0.510. The van der Waals surface area contributed by atoms with Gasteiger partial charge in [0.1, 0.15) is 5.75 Å². The third-order valence-electron chi connectivity index (χ3n) is 3.11. The Labute approximate surface area is 91.8 Å². The summed E-state index contributed by atoms with van der Waals surface area (Å²) in [7, 11) is 0. The van der Waals surface area contributed by atoms with E-state index >= 15 is 0 Å². The summed E-state index contributed by atoms with van der Waals surface area (Å²) in [6.45, 7) is 1.98. The fourth-order valence-corrected chi connectivity index (χ4v) is 2.77. The number of nitrogens with one attached hydrogen (secondary N) is 1. The van der Waals surface area contributed by atoms with E-state index in [0.29, 0.717) is 12.0 Å². The Kier molecular flexibility index (Phi) is 2.03. The van der Waals surface area contributed by atoms with E-state index in [1.54, 1.807) is 0 Å². The van der Waals surface area contributed by atoms with Crippen molar-refractivity contribution < 1.29 is 4.74 Å². The second-order valence-corrected chi connectivity index (χ2v) is 4.89. The Morgan fingerprint density at radius 1 is 1.43 bits per heavy atom. The second-order valence-electron chi connectivity index (χ2n) is 3.97. The van der Waals surface area contributed by atoms with Crippen LogP contribution >= 0.6 is 15.9 Å². The fourth-order valence-electron chi connectivity index (χ4n) is 2.39. The molecule has 0 aromatic heterocycles. The number of fused-ring (bicyclic) bond motifs is 3. The van der Waals surface area contributed by atoms with Crippen LogP contribution in [0, 0.1) is 5.92 Å². The van der Waals surface area contributed by atoms with Crippen LogP contribution < -0.4 is 10.1 Å². The molecule has 1 aromatic rings. The fraction of sp³-hybridized carbons (Fsp3) is 0.455. The van der Waals surface area contributed by atoms with Gasteiger partial charge in [0, 0.05) is 22.0 Å². The summed E-state index contributed by atoms with van der Waals surface area (Å²) in [5.74, 6) is 1.71. The molecule has 2 unspecified atom stereocenters. The number of halogens is 1. The van der Waals surface area contributed by atoms with Gasteiger partial charge in [-0.3, -0.25) is 0 Å². The molecule has 1 aromatic carbocycles. The molecule has 0 radical (unpaired) electrons. The molecule has 1 saturated heterocycles. The molecule has 2 aliphatic rings. The van der Waals surface area contributed by atoms with Crippen LogP contribution in [0.5, 0.6) is 5.75 Å². The van der Waals surface area contributed by atoms with Crippen LogP contribution in [0.1, 0.15) is 18.0 Å². The van der Waals surface area contributed by atoms with Gasteiger partial charge in [-0.2, -0.15) is 0 Å². The lowest BCUT2D eigenvalue weighted by Crippen LogP contribution is -2.27. The molecular weight excluding hydrogens is 242 g/mol. The average Bonchev–Trinajstić information content (AvgIpc) is 2.65. The van der Waals surface area contributed by atoms with Gasteiger partial charge in [0.25, 0.3) is 0 Å². The van der Waals surface area contributed by atoms with Crippen molar-refractivity contribution in [1.82, 2.24) is 5.32 Å². The molecule has 0 spiro atoms. The van der Waals surface area contributed by atoms with Crippen LogP contribution in [0.25, 0.3) is 0 Å². The van der Waals surface area contributed by atoms with Gasteiger partial charge in [0.2, 0.25) is 0 Å². The van der Waals surface area contributed by atoms with Crippen molar-refractivity contribution in [2.24, 2.45) is 5.92 Å². The first-order valence-corrected chi connectivity index (χ1v) is 5.79. The number of hydrogen-bond donors (Lipinski definition) is 1. The van der Waals surface area contributed by atoms with E-state index in [-0.39, 0.29) is 0 Å². The Morgan fingerprint density at radius 3 is 3.29 bits per heavy atom. The minimum Gasteiger partial charge on any atom is -0.493 e. The lowest BCUT2D eigenvalue weighted by atomic mass is 9.92. The van der Waals surface area contributed by atoms with Gasteiger partial charge in [-0.15, -0.1) is 0 Å². The molecule has 0 amide bonds. The van der Waals surface area contributed by atoms with E-state index in [2.05, 4.69) is 33.4 Å². The SMILES string of the molecule is Brc1ccc2c(c1)C1NCCC1CO2. The van der Waals surface area contributed by atoms with Gasteiger partial charge >= 0.3 is 0 Å². The first-order chi connectivity index (χ1) is 6.84. The Morgan fingerprint density at radius 2 is 2.36 bits per heavy atom. The summed E-state index contributed by atoms with van der Waals surface area (Å²) < 4.78 is 6.87. The van der Waals surface area contributed by atoms with Gasteiger partial charge in [0.15, 0.2) is 0 Å². The van der Waals surface area contributed by atoms with E-state index < -0.39 is 0 Å². The minimum atomic E-state index is 0.510. The number of hydrogen-bond acceptors (Lipinski definition) is 2. The molecule has 2 nitrogen and oxygen atoms in total. The highest BCUT2D eigenvalue weighted by Gasteiger charge is 2.34. The topological polar surface area (TPSA) is 21.3 Å². The van der Waals surface area contributed by atoms with Crippen molar-refractivity contribution in [2.45, 2.75) is 12.5 Å². The van der Waals surface area contributed by atoms with E-state index in [1.807, 2.05) is 6.07 Å². The molecule has 2 aliphatic heterocycles. The molecule has 3 heteroatoms. The van der Waals surface area contributed by atoms with E-state index in [1.165, 1.54) is 12.0 Å². The molecule has 1 N–H and O–H groups in total. The lowest BCUT2D eigenvalue weighted by Gasteiger charge is -2.28. The Bertz CT molecular complexity index is 366. The average molecular weight is 254 g/mol. The zero-order chi connectivity index (χ0) is 9.54. The standard InChI is InChI=1S/C11H12BrNO/c12-8-1-2-10-9(5-8)11-7(6-14-10)3-4-13-11/h1-2,5,7,11,13H,3-4,6H2. The van der Waals surface area contributed by atoms with Gasteiger partial charge in [-0.1, -0.05) is 15.9 Å². The first kappa shape index (κ1) is 8.74. The molecule has 2 atom stereocenters. The molecule has 2 heterocycles. The summed E-state index contributed by atoms with van der Waals surface area (Å²) in [6.07, 6.45) is 1.23. The highest BCUT2D eigenvalue weighted by Crippen LogP contribution is 2.40. The van der Waals surface area contributed by atoms with Crippen molar-refractivity contribution in [3.63, 3.8) is 0 Å². The second kappa shape index (κ2) is 3.24. The van der Waals surface area contributed by atoms with Crippen LogP contribution in [0.4, 0.5) is 0 Å². The van der Waals surface area contributed by atoms with Gasteiger partial charge < -0.3 is 10.1 Å². The highest BCUT2D eigenvalue weighted by atomic mass is 79.9. The number of rotatable bonds is 0. The number of benzene rings is 1. The van der Waals surface area contributed by atoms with E-state index in [0.717, 1.165) is 23.4 Å². The molecular formula is C11H12BrNO. The van der Waals surface area contributed by atoms with Gasteiger partial charge in [0.05, 0.1) is 6.61 Å². The van der Waals surface area contributed by atoms with Crippen molar-refractivity contribution >= 4 is 15.9 Å².